The van der Waals surface area contributed by atoms with Crippen LogP contribution < -0.4 is 10.2 Å². The van der Waals surface area contributed by atoms with E-state index in [9.17, 15) is 4.79 Å². The fraction of sp³-hybridized carbons (Fsp3) is 0.423. The van der Waals surface area contributed by atoms with Crippen molar-refractivity contribution in [2.75, 3.05) is 17.3 Å². The first-order valence-electron chi connectivity index (χ1n) is 12.0. The Balaban J connectivity index is 1.40. The van der Waals surface area contributed by atoms with Gasteiger partial charge in [0.05, 0.1) is 30.2 Å². The molecule has 2 aromatic heterocycles. The molecule has 0 atom stereocenters. The lowest BCUT2D eigenvalue weighted by Crippen LogP contribution is -2.38. The Labute approximate surface area is 193 Å². The average Bonchev–Trinajstić information content (AvgIpc) is 3.44. The van der Waals surface area contributed by atoms with Gasteiger partial charge in [0, 0.05) is 42.6 Å². The lowest BCUT2D eigenvalue weighted by Gasteiger charge is -2.32. The zero-order chi connectivity index (χ0) is 22.4. The summed E-state index contributed by atoms with van der Waals surface area (Å²) in [7, 11) is 1.77. The highest BCUT2D eigenvalue weighted by atomic mass is 16.5. The van der Waals surface area contributed by atoms with Crippen molar-refractivity contribution in [3.8, 4) is 11.1 Å². The van der Waals surface area contributed by atoms with Crippen LogP contribution in [0, 0.1) is 5.92 Å². The summed E-state index contributed by atoms with van der Waals surface area (Å²) in [6.07, 6.45) is 9.82. The van der Waals surface area contributed by atoms with Crippen LogP contribution in [0.4, 0.5) is 17.2 Å². The van der Waals surface area contributed by atoms with Gasteiger partial charge in [0.15, 0.2) is 0 Å². The normalized spacial score (nSPS) is 21.5. The molecule has 1 amide bonds. The molecular formula is C26H29N5O2. The van der Waals surface area contributed by atoms with Crippen LogP contribution in [0.5, 0.6) is 0 Å². The zero-order valence-corrected chi connectivity index (χ0v) is 19.0. The smallest absolute Gasteiger partial charge is 0.230 e. The molecule has 1 N–H and O–H groups in total. The van der Waals surface area contributed by atoms with Gasteiger partial charge in [-0.2, -0.15) is 5.10 Å². The Morgan fingerprint density at radius 1 is 1.18 bits per heavy atom. The largest absolute Gasteiger partial charge is 0.381 e. The molecule has 0 saturated heterocycles. The van der Waals surface area contributed by atoms with Gasteiger partial charge in [-0.1, -0.05) is 12.1 Å². The van der Waals surface area contributed by atoms with E-state index in [-0.39, 0.29) is 17.9 Å². The molecule has 7 nitrogen and oxygen atoms in total. The molecule has 1 aliphatic carbocycles. The first-order valence-corrected chi connectivity index (χ1v) is 12.0. The molecule has 0 bridgehead atoms. The van der Waals surface area contributed by atoms with Gasteiger partial charge in [0.1, 0.15) is 5.82 Å². The minimum absolute atomic E-state index is 0.0199. The predicted octanol–water partition coefficient (Wildman–Crippen LogP) is 4.69. The highest BCUT2D eigenvalue weighted by molar-refractivity contribution is 6.00. The number of nitrogens with zero attached hydrogens (tertiary/aromatic N) is 4. The molecule has 33 heavy (non-hydrogen) atoms. The second-order valence-corrected chi connectivity index (χ2v) is 9.33. The van der Waals surface area contributed by atoms with Gasteiger partial charge in [-0.3, -0.25) is 9.48 Å². The van der Waals surface area contributed by atoms with Gasteiger partial charge in [0.2, 0.25) is 5.91 Å². The Morgan fingerprint density at radius 2 is 2.06 bits per heavy atom. The fourth-order valence-corrected chi connectivity index (χ4v) is 5.56. The number of ether oxygens (including phenoxy) is 1. The van der Waals surface area contributed by atoms with E-state index in [1.165, 1.54) is 11.3 Å². The van der Waals surface area contributed by atoms with Crippen LogP contribution in [0.15, 0.2) is 42.7 Å². The number of methoxy groups -OCH3 is 1. The summed E-state index contributed by atoms with van der Waals surface area (Å²) < 4.78 is 7.64. The van der Waals surface area contributed by atoms with Crippen molar-refractivity contribution in [2.24, 2.45) is 5.92 Å². The molecule has 7 heteroatoms. The average molecular weight is 444 g/mol. The van der Waals surface area contributed by atoms with Crippen LogP contribution in [0.2, 0.25) is 0 Å². The summed E-state index contributed by atoms with van der Waals surface area (Å²) in [5.41, 5.74) is 6.43. The summed E-state index contributed by atoms with van der Waals surface area (Å²) in [4.78, 5) is 20.4. The van der Waals surface area contributed by atoms with Gasteiger partial charge in [-0.05, 0) is 62.3 Å². The molecule has 3 aliphatic rings. The van der Waals surface area contributed by atoms with Crippen LogP contribution in [-0.2, 0) is 29.0 Å². The number of nitrogens with one attached hydrogen (secondary N) is 1. The summed E-state index contributed by atoms with van der Waals surface area (Å²) >= 11 is 0. The van der Waals surface area contributed by atoms with E-state index >= 15 is 0 Å². The van der Waals surface area contributed by atoms with Crippen LogP contribution >= 0.6 is 0 Å². The number of carbonyl (C=O) groups excluding carboxylic acids is 1. The van der Waals surface area contributed by atoms with Gasteiger partial charge >= 0.3 is 0 Å². The Kier molecular flexibility index (Phi) is 5.14. The minimum atomic E-state index is 0.0199. The van der Waals surface area contributed by atoms with Crippen molar-refractivity contribution < 1.29 is 9.53 Å². The fourth-order valence-electron chi connectivity index (χ4n) is 5.56. The van der Waals surface area contributed by atoms with E-state index in [0.29, 0.717) is 6.54 Å². The molecule has 6 rings (SSSR count). The molecule has 1 aromatic carbocycles. The number of amides is 1. The van der Waals surface area contributed by atoms with Crippen molar-refractivity contribution in [1.29, 1.82) is 0 Å². The Hall–Kier alpha value is -3.19. The lowest BCUT2D eigenvalue weighted by molar-refractivity contribution is -0.124. The standard InChI is InChI=1S/C26H29N5O2/c1-33-20-9-6-17(7-10-20)26(32)30-16-19-4-2-12-27-25(19)29-22-11-8-18(14-24(22)30)21-15-28-31-13-3-5-23(21)31/h2,4,8,11-12,14-15,17,20H,3,5-7,9-10,13,16H2,1H3,(H,27,29)/t17-,20-. The molecule has 4 heterocycles. The zero-order valence-electron chi connectivity index (χ0n) is 19.0. The summed E-state index contributed by atoms with van der Waals surface area (Å²) in [5.74, 6) is 1.03. The summed E-state index contributed by atoms with van der Waals surface area (Å²) in [6, 6.07) is 10.3. The second kappa shape index (κ2) is 8.30. The van der Waals surface area contributed by atoms with Gasteiger partial charge in [0.25, 0.3) is 0 Å². The topological polar surface area (TPSA) is 72.3 Å². The van der Waals surface area contributed by atoms with Gasteiger partial charge in [-0.15, -0.1) is 0 Å². The summed E-state index contributed by atoms with van der Waals surface area (Å²) in [6.45, 7) is 1.50. The molecule has 0 unspecified atom stereocenters. The van der Waals surface area contributed by atoms with Crippen molar-refractivity contribution >= 4 is 23.1 Å². The third kappa shape index (κ3) is 3.60. The first kappa shape index (κ1) is 20.4. The number of anilines is 3. The maximum absolute atomic E-state index is 13.9. The van der Waals surface area contributed by atoms with Crippen LogP contribution in [-0.4, -0.2) is 33.9 Å². The number of rotatable bonds is 3. The molecule has 1 saturated carbocycles. The number of fused-ring (bicyclic) bond motifs is 3. The third-order valence-corrected chi connectivity index (χ3v) is 7.43. The molecule has 170 valence electrons. The third-order valence-electron chi connectivity index (χ3n) is 7.43. The minimum Gasteiger partial charge on any atom is -0.381 e. The molecule has 1 fully saturated rings. The Bertz CT molecular complexity index is 1200. The first-order chi connectivity index (χ1) is 16.2. The number of carbonyl (C=O) groups is 1. The molecule has 2 aliphatic heterocycles. The molecular weight excluding hydrogens is 414 g/mol. The number of benzene rings is 1. The highest BCUT2D eigenvalue weighted by Crippen LogP contribution is 2.40. The monoisotopic (exact) mass is 443 g/mol. The number of pyridine rings is 1. The Morgan fingerprint density at radius 3 is 2.91 bits per heavy atom. The van der Waals surface area contributed by atoms with E-state index in [0.717, 1.165) is 73.4 Å². The van der Waals surface area contributed by atoms with Gasteiger partial charge < -0.3 is 15.0 Å². The van der Waals surface area contributed by atoms with Gasteiger partial charge in [-0.25, -0.2) is 4.98 Å². The van der Waals surface area contributed by atoms with E-state index in [4.69, 9.17) is 4.74 Å². The van der Waals surface area contributed by atoms with Crippen LogP contribution in [0.3, 0.4) is 0 Å². The second-order valence-electron chi connectivity index (χ2n) is 9.33. The van der Waals surface area contributed by atoms with Crippen molar-refractivity contribution in [3.63, 3.8) is 0 Å². The lowest BCUT2D eigenvalue weighted by atomic mass is 9.86. The van der Waals surface area contributed by atoms with E-state index < -0.39 is 0 Å². The predicted molar refractivity (Wildman–Crippen MR) is 127 cm³/mol. The van der Waals surface area contributed by atoms with E-state index in [2.05, 4.69) is 44.3 Å². The maximum Gasteiger partial charge on any atom is 0.230 e. The number of hydrogen-bond donors (Lipinski definition) is 1. The molecule has 0 spiro atoms. The highest BCUT2D eigenvalue weighted by Gasteiger charge is 2.33. The molecule has 0 radical (unpaired) electrons. The van der Waals surface area contributed by atoms with Crippen molar-refractivity contribution in [3.05, 3.63) is 54.0 Å². The molecule has 3 aromatic rings. The number of aromatic nitrogens is 3. The van der Waals surface area contributed by atoms with Crippen LogP contribution in [0.1, 0.15) is 43.4 Å². The van der Waals surface area contributed by atoms with E-state index in [1.807, 2.05) is 17.2 Å². The van der Waals surface area contributed by atoms with E-state index in [1.54, 1.807) is 13.3 Å². The quantitative estimate of drug-likeness (QED) is 0.636. The van der Waals surface area contributed by atoms with Crippen LogP contribution in [0.25, 0.3) is 11.1 Å². The number of hydrogen-bond acceptors (Lipinski definition) is 5. The van der Waals surface area contributed by atoms with Crippen molar-refractivity contribution in [2.45, 2.75) is 57.7 Å². The number of aryl methyl sites for hydroxylation is 1. The maximum atomic E-state index is 13.9. The summed E-state index contributed by atoms with van der Waals surface area (Å²) in [5, 5.41) is 8.06. The SMILES string of the molecule is CO[C@H]1CC[C@H](C(=O)N2Cc3cccnc3Nc3ccc(-c4cnn5c4CCC5)cc32)CC1. The van der Waals surface area contributed by atoms with Crippen molar-refractivity contribution in [1.82, 2.24) is 14.8 Å².